The molecule has 1 aromatic rings. The van der Waals surface area contributed by atoms with E-state index in [0.29, 0.717) is 12.6 Å². The molecular weight excluding hydrogens is 314 g/mol. The number of methoxy groups -OCH3 is 1. The summed E-state index contributed by atoms with van der Waals surface area (Å²) < 4.78 is 5.33. The summed E-state index contributed by atoms with van der Waals surface area (Å²) in [5, 5.41) is 0. The molecule has 138 valence electrons. The number of amides is 1. The average Bonchev–Trinajstić information content (AvgIpc) is 2.84. The van der Waals surface area contributed by atoms with Gasteiger partial charge in [-0.3, -0.25) is 9.69 Å². The lowest BCUT2D eigenvalue weighted by molar-refractivity contribution is -0.132. The van der Waals surface area contributed by atoms with Gasteiger partial charge in [0.25, 0.3) is 0 Å². The lowest BCUT2D eigenvalue weighted by atomic mass is 10.0. The van der Waals surface area contributed by atoms with Gasteiger partial charge < -0.3 is 14.5 Å². The SMILES string of the molecule is COc1ccc2c(c1)CCN(C(=O)CN(C)C1CCN(C)CC1)CC2. The molecule has 0 spiro atoms. The maximum atomic E-state index is 12.8. The lowest BCUT2D eigenvalue weighted by Gasteiger charge is -2.35. The van der Waals surface area contributed by atoms with E-state index < -0.39 is 0 Å². The maximum absolute atomic E-state index is 12.8. The maximum Gasteiger partial charge on any atom is 0.236 e. The third kappa shape index (κ3) is 4.53. The molecule has 0 radical (unpaired) electrons. The van der Waals surface area contributed by atoms with Crippen LogP contribution in [0.4, 0.5) is 0 Å². The molecule has 1 fully saturated rings. The van der Waals surface area contributed by atoms with Crippen molar-refractivity contribution in [3.05, 3.63) is 29.3 Å². The van der Waals surface area contributed by atoms with Gasteiger partial charge in [0.2, 0.25) is 5.91 Å². The van der Waals surface area contributed by atoms with E-state index in [2.05, 4.69) is 36.0 Å². The molecule has 2 aliphatic rings. The molecule has 2 heterocycles. The predicted molar refractivity (Wildman–Crippen MR) is 100 cm³/mol. The summed E-state index contributed by atoms with van der Waals surface area (Å²) in [6.45, 7) is 4.42. The number of likely N-dealkylation sites (N-methyl/N-ethyl adjacent to an activating group) is 1. The van der Waals surface area contributed by atoms with Crippen LogP contribution in [-0.2, 0) is 17.6 Å². The second-order valence-corrected chi connectivity index (χ2v) is 7.46. The van der Waals surface area contributed by atoms with E-state index in [0.717, 1.165) is 57.6 Å². The molecule has 0 aromatic heterocycles. The van der Waals surface area contributed by atoms with E-state index in [1.807, 2.05) is 11.0 Å². The number of ether oxygens (including phenoxy) is 1. The minimum absolute atomic E-state index is 0.265. The lowest BCUT2D eigenvalue weighted by Crippen LogP contribution is -2.47. The van der Waals surface area contributed by atoms with Crippen molar-refractivity contribution in [3.63, 3.8) is 0 Å². The van der Waals surface area contributed by atoms with Gasteiger partial charge >= 0.3 is 0 Å². The Bertz CT molecular complexity index is 597. The molecule has 0 bridgehead atoms. The van der Waals surface area contributed by atoms with Crippen LogP contribution in [0.25, 0.3) is 0 Å². The number of likely N-dealkylation sites (tertiary alicyclic amines) is 1. The Labute approximate surface area is 151 Å². The highest BCUT2D eigenvalue weighted by Gasteiger charge is 2.25. The Kier molecular flexibility index (Phi) is 5.97. The van der Waals surface area contributed by atoms with Crippen molar-refractivity contribution in [3.8, 4) is 5.75 Å². The summed E-state index contributed by atoms with van der Waals surface area (Å²) in [5.41, 5.74) is 2.66. The number of piperidine rings is 1. The van der Waals surface area contributed by atoms with Crippen molar-refractivity contribution in [2.75, 3.05) is 53.9 Å². The number of carbonyl (C=O) groups excluding carboxylic acids is 1. The topological polar surface area (TPSA) is 36.0 Å². The van der Waals surface area contributed by atoms with Crippen LogP contribution in [0.1, 0.15) is 24.0 Å². The van der Waals surface area contributed by atoms with E-state index >= 15 is 0 Å². The van der Waals surface area contributed by atoms with Crippen LogP contribution in [0.5, 0.6) is 5.75 Å². The van der Waals surface area contributed by atoms with Gasteiger partial charge in [0.1, 0.15) is 5.75 Å². The Hall–Kier alpha value is -1.59. The third-order valence-corrected chi connectivity index (χ3v) is 5.76. The zero-order chi connectivity index (χ0) is 17.8. The molecule has 0 N–H and O–H groups in total. The van der Waals surface area contributed by atoms with Crippen molar-refractivity contribution in [1.82, 2.24) is 14.7 Å². The fourth-order valence-corrected chi connectivity index (χ4v) is 3.96. The Morgan fingerprint density at radius 2 is 1.84 bits per heavy atom. The molecule has 3 rings (SSSR count). The summed E-state index contributed by atoms with van der Waals surface area (Å²) in [4.78, 5) is 19.5. The summed E-state index contributed by atoms with van der Waals surface area (Å²) in [5.74, 6) is 1.17. The zero-order valence-electron chi connectivity index (χ0n) is 15.8. The zero-order valence-corrected chi connectivity index (χ0v) is 15.8. The number of rotatable bonds is 4. The van der Waals surface area contributed by atoms with Crippen LogP contribution in [0.15, 0.2) is 18.2 Å². The third-order valence-electron chi connectivity index (χ3n) is 5.76. The molecule has 5 nitrogen and oxygen atoms in total. The second-order valence-electron chi connectivity index (χ2n) is 7.46. The number of hydrogen-bond acceptors (Lipinski definition) is 4. The van der Waals surface area contributed by atoms with Gasteiger partial charge in [0.05, 0.1) is 13.7 Å². The highest BCUT2D eigenvalue weighted by atomic mass is 16.5. The van der Waals surface area contributed by atoms with Crippen LogP contribution in [0.2, 0.25) is 0 Å². The first-order chi connectivity index (χ1) is 12.1. The van der Waals surface area contributed by atoms with E-state index in [4.69, 9.17) is 4.74 Å². The van der Waals surface area contributed by atoms with E-state index in [1.54, 1.807) is 7.11 Å². The Morgan fingerprint density at radius 1 is 1.16 bits per heavy atom. The molecule has 25 heavy (non-hydrogen) atoms. The van der Waals surface area contributed by atoms with E-state index in [1.165, 1.54) is 11.1 Å². The molecule has 0 unspecified atom stereocenters. The van der Waals surface area contributed by atoms with Crippen LogP contribution in [0, 0.1) is 0 Å². The Balaban J connectivity index is 1.55. The highest BCUT2D eigenvalue weighted by Crippen LogP contribution is 2.22. The number of nitrogens with zero attached hydrogens (tertiary/aromatic N) is 3. The molecule has 1 aromatic carbocycles. The Morgan fingerprint density at radius 3 is 2.52 bits per heavy atom. The molecule has 0 aliphatic carbocycles. The first kappa shape index (κ1) is 18.2. The van der Waals surface area contributed by atoms with Crippen molar-refractivity contribution < 1.29 is 9.53 Å². The van der Waals surface area contributed by atoms with Crippen molar-refractivity contribution in [2.24, 2.45) is 0 Å². The first-order valence-corrected chi connectivity index (χ1v) is 9.39. The fourth-order valence-electron chi connectivity index (χ4n) is 3.96. The molecule has 2 aliphatic heterocycles. The molecule has 5 heteroatoms. The average molecular weight is 345 g/mol. The summed E-state index contributed by atoms with van der Waals surface area (Å²) in [6, 6.07) is 6.82. The number of hydrogen-bond donors (Lipinski definition) is 0. The van der Waals surface area contributed by atoms with Gasteiger partial charge in [0, 0.05) is 19.1 Å². The summed E-state index contributed by atoms with van der Waals surface area (Å²) >= 11 is 0. The van der Waals surface area contributed by atoms with Gasteiger partial charge in [-0.15, -0.1) is 0 Å². The molecule has 1 saturated heterocycles. The highest BCUT2D eigenvalue weighted by molar-refractivity contribution is 5.78. The molecule has 1 amide bonds. The minimum Gasteiger partial charge on any atom is -0.497 e. The van der Waals surface area contributed by atoms with Crippen LogP contribution in [0.3, 0.4) is 0 Å². The smallest absolute Gasteiger partial charge is 0.236 e. The predicted octanol–water partition coefficient (Wildman–Crippen LogP) is 1.65. The molecule has 0 atom stereocenters. The molecular formula is C20H31N3O2. The largest absolute Gasteiger partial charge is 0.497 e. The van der Waals surface area contributed by atoms with E-state index in [-0.39, 0.29) is 5.91 Å². The first-order valence-electron chi connectivity index (χ1n) is 9.39. The van der Waals surface area contributed by atoms with Gasteiger partial charge in [-0.1, -0.05) is 6.07 Å². The van der Waals surface area contributed by atoms with Crippen molar-refractivity contribution >= 4 is 5.91 Å². The van der Waals surface area contributed by atoms with Gasteiger partial charge in [-0.05, 0) is 76.1 Å². The minimum atomic E-state index is 0.265. The second kappa shape index (κ2) is 8.19. The normalized spacial score (nSPS) is 19.6. The van der Waals surface area contributed by atoms with Gasteiger partial charge in [-0.25, -0.2) is 0 Å². The van der Waals surface area contributed by atoms with Crippen molar-refractivity contribution in [1.29, 1.82) is 0 Å². The van der Waals surface area contributed by atoms with Gasteiger partial charge in [-0.2, -0.15) is 0 Å². The number of benzene rings is 1. The fraction of sp³-hybridized carbons (Fsp3) is 0.650. The van der Waals surface area contributed by atoms with Crippen LogP contribution >= 0.6 is 0 Å². The van der Waals surface area contributed by atoms with Crippen LogP contribution in [-0.4, -0.2) is 80.6 Å². The monoisotopic (exact) mass is 345 g/mol. The number of carbonyl (C=O) groups is 1. The standard InChI is InChI=1S/C20H31N3O2/c1-21-10-8-18(9-11-21)22(2)15-20(24)23-12-6-16-4-5-19(25-3)14-17(16)7-13-23/h4-5,14,18H,6-13,15H2,1-3H3. The van der Waals surface area contributed by atoms with E-state index in [9.17, 15) is 4.79 Å². The quantitative estimate of drug-likeness (QED) is 0.831. The van der Waals surface area contributed by atoms with Crippen molar-refractivity contribution in [2.45, 2.75) is 31.7 Å². The van der Waals surface area contributed by atoms with Crippen LogP contribution < -0.4 is 4.74 Å². The number of fused-ring (bicyclic) bond motifs is 1. The summed E-state index contributed by atoms with van der Waals surface area (Å²) in [6.07, 6.45) is 4.16. The molecule has 0 saturated carbocycles. The van der Waals surface area contributed by atoms with Gasteiger partial charge in [0.15, 0.2) is 0 Å². The summed E-state index contributed by atoms with van der Waals surface area (Å²) in [7, 11) is 5.98.